The van der Waals surface area contributed by atoms with E-state index in [-0.39, 0.29) is 18.7 Å². The van der Waals surface area contributed by atoms with Crippen LogP contribution in [0.3, 0.4) is 0 Å². The lowest BCUT2D eigenvalue weighted by Crippen LogP contribution is -2.51. The zero-order chi connectivity index (χ0) is 21.4. The van der Waals surface area contributed by atoms with Crippen LogP contribution in [-0.2, 0) is 24.2 Å². The van der Waals surface area contributed by atoms with Gasteiger partial charge in [-0.25, -0.2) is 9.97 Å². The molecule has 1 aliphatic carbocycles. The summed E-state index contributed by atoms with van der Waals surface area (Å²) in [6.07, 6.45) is 7.07. The Balaban J connectivity index is 1.31. The van der Waals surface area contributed by atoms with Gasteiger partial charge in [0.05, 0.1) is 5.56 Å². The second kappa shape index (κ2) is 7.99. The van der Waals surface area contributed by atoms with E-state index in [9.17, 15) is 4.79 Å². The molecule has 1 aromatic carbocycles. The number of nitrogens with zero attached hydrogens (tertiary/aromatic N) is 5. The molecule has 5 rings (SSSR count). The third kappa shape index (κ3) is 4.22. The van der Waals surface area contributed by atoms with Gasteiger partial charge in [0.1, 0.15) is 12.6 Å². The Kier molecular flexibility index (Phi) is 5.03. The number of aromatic nitrogens is 4. The average molecular weight is 420 g/mol. The van der Waals surface area contributed by atoms with E-state index in [0.29, 0.717) is 17.4 Å². The van der Waals surface area contributed by atoms with E-state index in [0.717, 1.165) is 31.5 Å². The van der Waals surface area contributed by atoms with Crippen LogP contribution in [-0.4, -0.2) is 68.0 Å². The smallest absolute Gasteiger partial charge is 0.325 e. The van der Waals surface area contributed by atoms with E-state index in [1.807, 2.05) is 7.05 Å². The fraction of sp³-hybridized carbons (Fsp3) is 0.364. The summed E-state index contributed by atoms with van der Waals surface area (Å²) in [7, 11) is 2.02. The van der Waals surface area contributed by atoms with E-state index in [4.69, 9.17) is 9.84 Å². The van der Waals surface area contributed by atoms with Crippen LogP contribution < -0.4 is 10.1 Å². The molecule has 160 valence electrons. The van der Waals surface area contributed by atoms with Gasteiger partial charge in [-0.1, -0.05) is 24.3 Å². The number of fused-ring (bicyclic) bond motifs is 1. The first kappa shape index (κ1) is 19.5. The molecule has 2 N–H and O–H groups in total. The summed E-state index contributed by atoms with van der Waals surface area (Å²) in [5.74, 6) is 0.0230. The van der Waals surface area contributed by atoms with E-state index >= 15 is 0 Å². The molecule has 0 saturated carbocycles. The molecule has 2 aliphatic rings. The summed E-state index contributed by atoms with van der Waals surface area (Å²) in [6, 6.07) is 8.74. The quantitative estimate of drug-likeness (QED) is 0.595. The maximum atomic E-state index is 11.1. The molecule has 9 heteroatoms. The van der Waals surface area contributed by atoms with Crippen LogP contribution in [0, 0.1) is 0 Å². The van der Waals surface area contributed by atoms with Crippen molar-refractivity contribution in [2.24, 2.45) is 0 Å². The summed E-state index contributed by atoms with van der Waals surface area (Å²) in [5, 5.41) is 16.8. The predicted molar refractivity (Wildman–Crippen MR) is 114 cm³/mol. The molecule has 0 unspecified atom stereocenters. The first-order valence-electron chi connectivity index (χ1n) is 10.3. The highest BCUT2D eigenvalue weighted by Crippen LogP contribution is 2.30. The molecule has 31 heavy (non-hydrogen) atoms. The minimum absolute atomic E-state index is 0.0442. The van der Waals surface area contributed by atoms with Crippen LogP contribution in [0.1, 0.15) is 11.1 Å². The zero-order valence-corrected chi connectivity index (χ0v) is 17.2. The number of nitrogens with one attached hydrogen (secondary N) is 1. The van der Waals surface area contributed by atoms with Gasteiger partial charge in [0.15, 0.2) is 0 Å². The van der Waals surface area contributed by atoms with E-state index < -0.39 is 5.97 Å². The van der Waals surface area contributed by atoms with Crippen molar-refractivity contribution in [3.05, 3.63) is 54.0 Å². The number of rotatable bonds is 7. The first-order valence-corrected chi connectivity index (χ1v) is 10.3. The highest BCUT2D eigenvalue weighted by molar-refractivity contribution is 5.69. The van der Waals surface area contributed by atoms with Crippen LogP contribution in [0.15, 0.2) is 42.9 Å². The summed E-state index contributed by atoms with van der Waals surface area (Å²) in [5.41, 5.74) is 4.16. The molecule has 0 spiro atoms. The fourth-order valence-electron chi connectivity index (χ4n) is 4.17. The Morgan fingerprint density at radius 1 is 1.19 bits per heavy atom. The number of hydrogen-bond donors (Lipinski definition) is 2. The Hall–Kier alpha value is -3.46. The third-order valence-corrected chi connectivity index (χ3v) is 5.68. The molecule has 3 aromatic rings. The van der Waals surface area contributed by atoms with Gasteiger partial charge in [0.2, 0.25) is 11.8 Å². The molecule has 0 amide bonds. The van der Waals surface area contributed by atoms with E-state index in [1.165, 1.54) is 15.8 Å². The number of carboxylic acids is 1. The minimum atomic E-state index is -0.961. The molecule has 1 fully saturated rings. The Bertz CT molecular complexity index is 1070. The molecule has 2 aromatic heterocycles. The van der Waals surface area contributed by atoms with Crippen molar-refractivity contribution in [1.82, 2.24) is 24.6 Å². The third-order valence-electron chi connectivity index (χ3n) is 5.68. The first-order chi connectivity index (χ1) is 15.0. The molecule has 3 heterocycles. The lowest BCUT2D eigenvalue weighted by Gasteiger charge is -2.35. The van der Waals surface area contributed by atoms with Crippen molar-refractivity contribution in [3.8, 4) is 17.0 Å². The number of likely N-dealkylation sites (N-methyl/N-ethyl adjacent to an activating group) is 1. The number of carboxylic acid groups (broad SMARTS) is 1. The predicted octanol–water partition coefficient (Wildman–Crippen LogP) is 1.70. The lowest BCUT2D eigenvalue weighted by atomic mass is 10.1. The van der Waals surface area contributed by atoms with Crippen molar-refractivity contribution < 1.29 is 14.6 Å². The molecule has 0 radical (unpaired) electrons. The maximum Gasteiger partial charge on any atom is 0.325 e. The zero-order valence-electron chi connectivity index (χ0n) is 17.2. The molecule has 1 aliphatic heterocycles. The number of aliphatic carboxylic acids is 1. The van der Waals surface area contributed by atoms with Crippen LogP contribution in [0.2, 0.25) is 0 Å². The SMILES string of the molecule is CN1CC(Oc2nn(CC(=O)O)cc2-c2cnc(NC3Cc4ccccc4C3)nc2)C1. The van der Waals surface area contributed by atoms with E-state index in [2.05, 4.69) is 49.5 Å². The monoisotopic (exact) mass is 420 g/mol. The Morgan fingerprint density at radius 2 is 1.87 bits per heavy atom. The summed E-state index contributed by atoms with van der Waals surface area (Å²) < 4.78 is 7.38. The molecule has 1 saturated heterocycles. The second-order valence-electron chi connectivity index (χ2n) is 8.21. The normalized spacial score (nSPS) is 16.7. The highest BCUT2D eigenvalue weighted by atomic mass is 16.5. The lowest BCUT2D eigenvalue weighted by molar-refractivity contribution is -0.137. The van der Waals surface area contributed by atoms with Crippen LogP contribution in [0.25, 0.3) is 11.1 Å². The molecule has 0 atom stereocenters. The Labute approximate surface area is 179 Å². The van der Waals surface area contributed by atoms with E-state index in [1.54, 1.807) is 18.6 Å². The summed E-state index contributed by atoms with van der Waals surface area (Å²) in [6.45, 7) is 1.40. The van der Waals surface area contributed by atoms with Crippen molar-refractivity contribution in [2.45, 2.75) is 31.5 Å². The number of carbonyl (C=O) groups is 1. The highest BCUT2D eigenvalue weighted by Gasteiger charge is 2.28. The standard InChI is InChI=1S/C22H24N6O3/c1-27-10-18(11-27)31-21-19(12-28(26-21)13-20(29)30)16-8-23-22(24-9-16)25-17-6-14-4-2-3-5-15(14)7-17/h2-5,8-9,12,17-18H,6-7,10-11,13H2,1H3,(H,29,30)(H,23,24,25). The molecule has 0 bridgehead atoms. The van der Waals surface area contributed by atoms with Gasteiger partial charge in [0, 0.05) is 43.3 Å². The summed E-state index contributed by atoms with van der Waals surface area (Å²) >= 11 is 0. The van der Waals surface area contributed by atoms with Crippen molar-refractivity contribution >= 4 is 11.9 Å². The van der Waals surface area contributed by atoms with Crippen molar-refractivity contribution in [3.63, 3.8) is 0 Å². The number of anilines is 1. The maximum absolute atomic E-state index is 11.1. The van der Waals surface area contributed by atoms with Crippen LogP contribution in [0.5, 0.6) is 5.88 Å². The van der Waals surface area contributed by atoms with Gasteiger partial charge in [-0.2, -0.15) is 0 Å². The topological polar surface area (TPSA) is 105 Å². The molecule has 9 nitrogen and oxygen atoms in total. The van der Waals surface area contributed by atoms with Gasteiger partial charge < -0.3 is 15.2 Å². The number of ether oxygens (including phenoxy) is 1. The number of benzene rings is 1. The minimum Gasteiger partial charge on any atom is -0.480 e. The molecular weight excluding hydrogens is 396 g/mol. The van der Waals surface area contributed by atoms with Gasteiger partial charge in [0.25, 0.3) is 0 Å². The van der Waals surface area contributed by atoms with Crippen molar-refractivity contribution in [1.29, 1.82) is 0 Å². The number of hydrogen-bond acceptors (Lipinski definition) is 7. The average Bonchev–Trinajstić information content (AvgIpc) is 3.30. The van der Waals surface area contributed by atoms with Gasteiger partial charge >= 0.3 is 5.97 Å². The fourth-order valence-corrected chi connectivity index (χ4v) is 4.17. The second-order valence-corrected chi connectivity index (χ2v) is 8.21. The Morgan fingerprint density at radius 3 is 2.48 bits per heavy atom. The molecular formula is C22H24N6O3. The van der Waals surface area contributed by atoms with Gasteiger partial charge in [-0.05, 0) is 31.0 Å². The van der Waals surface area contributed by atoms with Gasteiger partial charge in [-0.3, -0.25) is 14.4 Å². The van der Waals surface area contributed by atoms with Crippen LogP contribution in [0.4, 0.5) is 5.95 Å². The summed E-state index contributed by atoms with van der Waals surface area (Å²) in [4.78, 5) is 22.2. The number of likely N-dealkylation sites (tertiary alicyclic amines) is 1. The van der Waals surface area contributed by atoms with Gasteiger partial charge in [-0.15, -0.1) is 5.10 Å². The van der Waals surface area contributed by atoms with Crippen LogP contribution >= 0.6 is 0 Å². The largest absolute Gasteiger partial charge is 0.480 e. The van der Waals surface area contributed by atoms with Crippen molar-refractivity contribution in [2.75, 3.05) is 25.5 Å².